The summed E-state index contributed by atoms with van der Waals surface area (Å²) in [5.74, 6) is 0.114. The number of rotatable bonds is 1. The summed E-state index contributed by atoms with van der Waals surface area (Å²) in [6.45, 7) is 2.18. The molecule has 2 heterocycles. The van der Waals surface area contributed by atoms with E-state index in [1.165, 1.54) is 11.2 Å². The van der Waals surface area contributed by atoms with Gasteiger partial charge in [0.05, 0.1) is 19.4 Å². The van der Waals surface area contributed by atoms with Gasteiger partial charge in [0, 0.05) is 5.56 Å². The number of hydrogen-bond acceptors (Lipinski definition) is 2. The number of amides is 1. The van der Waals surface area contributed by atoms with E-state index in [4.69, 9.17) is 4.42 Å². The van der Waals surface area contributed by atoms with Gasteiger partial charge < -0.3 is 9.32 Å². The highest BCUT2D eigenvalue weighted by atomic mass is 19.1. The maximum Gasteiger partial charge on any atom is 0.290 e. The minimum Gasteiger partial charge on any atom is -0.459 e. The predicted molar refractivity (Wildman–Crippen MR) is 44.2 cm³/mol. The lowest BCUT2D eigenvalue weighted by Gasteiger charge is -2.33. The van der Waals surface area contributed by atoms with Crippen LogP contribution < -0.4 is 0 Å². The molecule has 0 saturated carbocycles. The number of hydrogen-bond donors (Lipinski definition) is 0. The monoisotopic (exact) mass is 183 g/mol. The lowest BCUT2D eigenvalue weighted by Crippen LogP contribution is -2.51. The number of aryl methyl sites for hydroxylation is 1. The highest BCUT2D eigenvalue weighted by Gasteiger charge is 2.32. The number of likely N-dealkylation sites (tertiary alicyclic amines) is 1. The van der Waals surface area contributed by atoms with Crippen molar-refractivity contribution in [2.45, 2.75) is 13.1 Å². The summed E-state index contributed by atoms with van der Waals surface area (Å²) in [5, 5.41) is 0. The Kier molecular flexibility index (Phi) is 1.83. The van der Waals surface area contributed by atoms with Gasteiger partial charge in [0.1, 0.15) is 6.17 Å². The molecule has 0 bridgehead atoms. The molecule has 4 heteroatoms. The highest BCUT2D eigenvalue weighted by molar-refractivity contribution is 5.93. The van der Waals surface area contributed by atoms with E-state index < -0.39 is 6.17 Å². The Morgan fingerprint density at radius 2 is 2.38 bits per heavy atom. The molecule has 1 aromatic heterocycles. The van der Waals surface area contributed by atoms with E-state index in [1.807, 2.05) is 0 Å². The Bertz CT molecular complexity index is 328. The average Bonchev–Trinajstić information content (AvgIpc) is 2.44. The van der Waals surface area contributed by atoms with Crippen molar-refractivity contribution in [3.05, 3.63) is 23.7 Å². The molecule has 0 unspecified atom stereocenters. The van der Waals surface area contributed by atoms with Gasteiger partial charge in [0.15, 0.2) is 5.76 Å². The zero-order valence-corrected chi connectivity index (χ0v) is 7.29. The lowest BCUT2D eigenvalue weighted by molar-refractivity contribution is 0.0370. The summed E-state index contributed by atoms with van der Waals surface area (Å²) in [7, 11) is 0. The van der Waals surface area contributed by atoms with Crippen molar-refractivity contribution in [1.29, 1.82) is 0 Å². The first kappa shape index (κ1) is 8.29. The molecule has 0 aromatic carbocycles. The third-order valence-corrected chi connectivity index (χ3v) is 2.18. The first-order valence-electron chi connectivity index (χ1n) is 4.16. The van der Waals surface area contributed by atoms with Gasteiger partial charge in [-0.3, -0.25) is 4.79 Å². The van der Waals surface area contributed by atoms with Gasteiger partial charge in [-0.2, -0.15) is 0 Å². The molecule has 0 aliphatic carbocycles. The third kappa shape index (κ3) is 1.32. The topological polar surface area (TPSA) is 33.5 Å². The van der Waals surface area contributed by atoms with Crippen LogP contribution in [-0.4, -0.2) is 30.1 Å². The second-order valence-corrected chi connectivity index (χ2v) is 3.24. The van der Waals surface area contributed by atoms with Crippen LogP contribution in [0.4, 0.5) is 4.39 Å². The number of carbonyl (C=O) groups is 1. The molecule has 1 aliphatic heterocycles. The van der Waals surface area contributed by atoms with Gasteiger partial charge in [-0.1, -0.05) is 0 Å². The number of alkyl halides is 1. The van der Waals surface area contributed by atoms with Gasteiger partial charge in [0.25, 0.3) is 5.91 Å². The Morgan fingerprint density at radius 1 is 1.69 bits per heavy atom. The van der Waals surface area contributed by atoms with E-state index in [1.54, 1.807) is 13.0 Å². The highest BCUT2D eigenvalue weighted by Crippen LogP contribution is 2.18. The van der Waals surface area contributed by atoms with Gasteiger partial charge in [-0.25, -0.2) is 4.39 Å². The van der Waals surface area contributed by atoms with E-state index in [2.05, 4.69) is 0 Å². The molecule has 3 nitrogen and oxygen atoms in total. The summed E-state index contributed by atoms with van der Waals surface area (Å²) >= 11 is 0. The Hall–Kier alpha value is -1.32. The van der Waals surface area contributed by atoms with Gasteiger partial charge >= 0.3 is 0 Å². The molecule has 70 valence electrons. The predicted octanol–water partition coefficient (Wildman–Crippen LogP) is 1.38. The van der Waals surface area contributed by atoms with Crippen molar-refractivity contribution < 1.29 is 13.6 Å². The summed E-state index contributed by atoms with van der Waals surface area (Å²) < 4.78 is 17.4. The minimum absolute atomic E-state index is 0.193. The SMILES string of the molecule is Cc1ccoc1C(=O)N1CC(F)C1. The van der Waals surface area contributed by atoms with E-state index in [0.29, 0.717) is 5.76 Å². The van der Waals surface area contributed by atoms with Crippen LogP contribution in [0.2, 0.25) is 0 Å². The normalized spacial score (nSPS) is 17.2. The van der Waals surface area contributed by atoms with Crippen molar-refractivity contribution in [3.63, 3.8) is 0 Å². The molecule has 0 N–H and O–H groups in total. The summed E-state index contributed by atoms with van der Waals surface area (Å²) in [4.78, 5) is 13.0. The maximum absolute atomic E-state index is 12.4. The maximum atomic E-state index is 12.4. The average molecular weight is 183 g/mol. The molecule has 0 spiro atoms. The molecule has 2 rings (SSSR count). The van der Waals surface area contributed by atoms with Crippen LogP contribution in [0, 0.1) is 6.92 Å². The lowest BCUT2D eigenvalue weighted by atomic mass is 10.1. The Morgan fingerprint density at radius 3 is 2.85 bits per heavy atom. The molecule has 13 heavy (non-hydrogen) atoms. The van der Waals surface area contributed by atoms with Crippen LogP contribution in [0.1, 0.15) is 16.1 Å². The van der Waals surface area contributed by atoms with Crippen molar-refractivity contribution in [1.82, 2.24) is 4.90 Å². The molecule has 1 aromatic rings. The molecule has 1 aliphatic rings. The minimum atomic E-state index is -0.862. The van der Waals surface area contributed by atoms with E-state index in [9.17, 15) is 9.18 Å². The fourth-order valence-corrected chi connectivity index (χ4v) is 1.33. The molecule has 0 atom stereocenters. The number of furan rings is 1. The van der Waals surface area contributed by atoms with E-state index in [-0.39, 0.29) is 19.0 Å². The number of carbonyl (C=O) groups excluding carboxylic acids is 1. The van der Waals surface area contributed by atoms with Crippen molar-refractivity contribution >= 4 is 5.91 Å². The molecular formula is C9H10FNO2. The fraction of sp³-hybridized carbons (Fsp3) is 0.444. The van der Waals surface area contributed by atoms with Crippen LogP contribution in [0.5, 0.6) is 0 Å². The Balaban J connectivity index is 2.10. The van der Waals surface area contributed by atoms with Crippen LogP contribution in [-0.2, 0) is 0 Å². The summed E-state index contributed by atoms with van der Waals surface area (Å²) in [6.07, 6.45) is 0.606. The third-order valence-electron chi connectivity index (χ3n) is 2.18. The molecule has 1 amide bonds. The van der Waals surface area contributed by atoms with Crippen LogP contribution in [0.25, 0.3) is 0 Å². The molecule has 1 fully saturated rings. The molecular weight excluding hydrogens is 173 g/mol. The molecule has 1 saturated heterocycles. The van der Waals surface area contributed by atoms with Gasteiger partial charge in [-0.05, 0) is 13.0 Å². The molecule has 0 radical (unpaired) electrons. The standard InChI is InChI=1S/C9H10FNO2/c1-6-2-3-13-8(6)9(12)11-4-7(10)5-11/h2-3,7H,4-5H2,1H3. The summed E-state index contributed by atoms with van der Waals surface area (Å²) in [5.41, 5.74) is 0.798. The number of nitrogens with zero attached hydrogens (tertiary/aromatic N) is 1. The van der Waals surface area contributed by atoms with Gasteiger partial charge in [0.2, 0.25) is 0 Å². The van der Waals surface area contributed by atoms with Crippen molar-refractivity contribution in [2.24, 2.45) is 0 Å². The largest absolute Gasteiger partial charge is 0.459 e. The zero-order valence-electron chi connectivity index (χ0n) is 7.29. The van der Waals surface area contributed by atoms with Crippen molar-refractivity contribution in [2.75, 3.05) is 13.1 Å². The first-order chi connectivity index (χ1) is 6.18. The van der Waals surface area contributed by atoms with E-state index >= 15 is 0 Å². The van der Waals surface area contributed by atoms with Crippen LogP contribution >= 0.6 is 0 Å². The van der Waals surface area contributed by atoms with E-state index in [0.717, 1.165) is 5.56 Å². The van der Waals surface area contributed by atoms with Crippen LogP contribution in [0.3, 0.4) is 0 Å². The fourth-order valence-electron chi connectivity index (χ4n) is 1.33. The smallest absolute Gasteiger partial charge is 0.290 e. The van der Waals surface area contributed by atoms with Crippen LogP contribution in [0.15, 0.2) is 16.7 Å². The second-order valence-electron chi connectivity index (χ2n) is 3.24. The quantitative estimate of drug-likeness (QED) is 0.659. The number of halogens is 1. The first-order valence-corrected chi connectivity index (χ1v) is 4.16. The Labute approximate surface area is 75.1 Å². The zero-order chi connectivity index (χ0) is 9.42. The summed E-state index contributed by atoms with van der Waals surface area (Å²) in [6, 6.07) is 1.72. The van der Waals surface area contributed by atoms with Crippen molar-refractivity contribution in [3.8, 4) is 0 Å². The second kappa shape index (κ2) is 2.87. The van der Waals surface area contributed by atoms with Gasteiger partial charge in [-0.15, -0.1) is 0 Å².